The summed E-state index contributed by atoms with van der Waals surface area (Å²) in [6, 6.07) is 0. The number of rotatable bonds is 4. The maximum Gasteiger partial charge on any atom is 0.0812 e. The molecule has 2 aromatic rings. The predicted octanol–water partition coefficient (Wildman–Crippen LogP) is 3.53. The standard InChI is InChI=1S/C13H17BrN2OS/c1-8-10(9(2)16(3)15-8)4-5-13(17)11-6-18-7-12(11)14/h6-7,13,17H,4-5H2,1-3H3. The Morgan fingerprint density at radius 3 is 2.67 bits per heavy atom. The minimum atomic E-state index is -0.412. The summed E-state index contributed by atoms with van der Waals surface area (Å²) in [5.41, 5.74) is 4.48. The van der Waals surface area contributed by atoms with Crippen LogP contribution in [0.15, 0.2) is 15.2 Å². The normalized spacial score (nSPS) is 12.9. The summed E-state index contributed by atoms with van der Waals surface area (Å²) in [6.45, 7) is 4.09. The molecule has 0 fully saturated rings. The molecule has 0 spiro atoms. The number of halogens is 1. The molecule has 0 aliphatic heterocycles. The third kappa shape index (κ3) is 2.68. The van der Waals surface area contributed by atoms with E-state index < -0.39 is 6.10 Å². The first-order valence-electron chi connectivity index (χ1n) is 5.89. The van der Waals surface area contributed by atoms with Gasteiger partial charge in [0.25, 0.3) is 0 Å². The second-order valence-electron chi connectivity index (χ2n) is 4.50. The van der Waals surface area contributed by atoms with Crippen molar-refractivity contribution in [3.63, 3.8) is 0 Å². The van der Waals surface area contributed by atoms with E-state index in [1.807, 2.05) is 29.4 Å². The van der Waals surface area contributed by atoms with Crippen LogP contribution in [-0.4, -0.2) is 14.9 Å². The fourth-order valence-electron chi connectivity index (χ4n) is 2.14. The quantitative estimate of drug-likeness (QED) is 0.932. The molecular weight excluding hydrogens is 312 g/mol. The molecular formula is C13H17BrN2OS. The van der Waals surface area contributed by atoms with E-state index in [1.165, 1.54) is 11.3 Å². The molecule has 5 heteroatoms. The van der Waals surface area contributed by atoms with Gasteiger partial charge in [-0.1, -0.05) is 0 Å². The van der Waals surface area contributed by atoms with E-state index in [9.17, 15) is 5.11 Å². The molecule has 2 heterocycles. The van der Waals surface area contributed by atoms with Crippen molar-refractivity contribution in [1.29, 1.82) is 0 Å². The highest BCUT2D eigenvalue weighted by Gasteiger charge is 2.15. The fourth-order valence-corrected chi connectivity index (χ4v) is 3.75. The highest BCUT2D eigenvalue weighted by Crippen LogP contribution is 2.30. The summed E-state index contributed by atoms with van der Waals surface area (Å²) in [5, 5.41) is 18.6. The van der Waals surface area contributed by atoms with Gasteiger partial charge in [-0.05, 0) is 53.6 Å². The molecule has 98 valence electrons. The van der Waals surface area contributed by atoms with Crippen LogP contribution in [0.5, 0.6) is 0 Å². The second-order valence-corrected chi connectivity index (χ2v) is 6.10. The molecule has 1 atom stereocenters. The largest absolute Gasteiger partial charge is 0.388 e. The van der Waals surface area contributed by atoms with Crippen LogP contribution in [0.3, 0.4) is 0 Å². The Morgan fingerprint density at radius 1 is 1.44 bits per heavy atom. The second kappa shape index (κ2) is 5.55. The van der Waals surface area contributed by atoms with Gasteiger partial charge < -0.3 is 5.11 Å². The van der Waals surface area contributed by atoms with E-state index in [0.29, 0.717) is 0 Å². The Balaban J connectivity index is 2.06. The van der Waals surface area contributed by atoms with E-state index in [1.54, 1.807) is 11.3 Å². The molecule has 0 saturated carbocycles. The van der Waals surface area contributed by atoms with Gasteiger partial charge in [0.05, 0.1) is 11.8 Å². The maximum atomic E-state index is 10.2. The summed E-state index contributed by atoms with van der Waals surface area (Å²) >= 11 is 5.06. The highest BCUT2D eigenvalue weighted by molar-refractivity contribution is 9.10. The molecule has 3 nitrogen and oxygen atoms in total. The van der Waals surface area contributed by atoms with Crippen molar-refractivity contribution in [2.45, 2.75) is 32.8 Å². The van der Waals surface area contributed by atoms with Crippen LogP contribution in [0, 0.1) is 13.8 Å². The molecule has 0 aliphatic carbocycles. The number of hydrogen-bond donors (Lipinski definition) is 1. The average molecular weight is 329 g/mol. The predicted molar refractivity (Wildman–Crippen MR) is 78.0 cm³/mol. The molecule has 0 bridgehead atoms. The molecule has 0 radical (unpaired) electrons. The third-order valence-electron chi connectivity index (χ3n) is 3.33. The lowest BCUT2D eigenvalue weighted by Crippen LogP contribution is -2.01. The SMILES string of the molecule is Cc1nn(C)c(C)c1CCC(O)c1cscc1Br. The number of hydrogen-bond acceptors (Lipinski definition) is 3. The number of aliphatic hydroxyl groups is 1. The van der Waals surface area contributed by atoms with Gasteiger partial charge in [-0.2, -0.15) is 16.4 Å². The van der Waals surface area contributed by atoms with Crippen LogP contribution in [-0.2, 0) is 13.5 Å². The van der Waals surface area contributed by atoms with Crippen LogP contribution in [0.25, 0.3) is 0 Å². The summed E-state index contributed by atoms with van der Waals surface area (Å²) in [7, 11) is 1.96. The van der Waals surface area contributed by atoms with E-state index in [0.717, 1.165) is 28.6 Å². The highest BCUT2D eigenvalue weighted by atomic mass is 79.9. The van der Waals surface area contributed by atoms with Crippen LogP contribution < -0.4 is 0 Å². The number of aryl methyl sites for hydroxylation is 2. The summed E-state index contributed by atoms with van der Waals surface area (Å²) in [5.74, 6) is 0. The zero-order valence-corrected chi connectivity index (χ0v) is 13.2. The average Bonchev–Trinajstić information content (AvgIpc) is 2.83. The van der Waals surface area contributed by atoms with Gasteiger partial charge in [0.1, 0.15) is 0 Å². The summed E-state index contributed by atoms with van der Waals surface area (Å²) < 4.78 is 2.90. The van der Waals surface area contributed by atoms with Crippen molar-refractivity contribution < 1.29 is 5.11 Å². The molecule has 2 aromatic heterocycles. The lowest BCUT2D eigenvalue weighted by atomic mass is 10.0. The Kier molecular flexibility index (Phi) is 4.25. The fraction of sp³-hybridized carbons (Fsp3) is 0.462. The summed E-state index contributed by atoms with van der Waals surface area (Å²) in [6.07, 6.45) is 1.17. The molecule has 2 rings (SSSR count). The van der Waals surface area contributed by atoms with E-state index in [4.69, 9.17) is 0 Å². The lowest BCUT2D eigenvalue weighted by Gasteiger charge is -2.10. The van der Waals surface area contributed by atoms with Gasteiger partial charge in [0.15, 0.2) is 0 Å². The lowest BCUT2D eigenvalue weighted by molar-refractivity contribution is 0.167. The van der Waals surface area contributed by atoms with Gasteiger partial charge in [0.2, 0.25) is 0 Å². The number of nitrogens with zero attached hydrogens (tertiary/aromatic N) is 2. The van der Waals surface area contributed by atoms with Gasteiger partial charge in [0, 0.05) is 28.2 Å². The van der Waals surface area contributed by atoms with E-state index >= 15 is 0 Å². The molecule has 1 unspecified atom stereocenters. The van der Waals surface area contributed by atoms with Crippen LogP contribution in [0.4, 0.5) is 0 Å². The molecule has 1 N–H and O–H groups in total. The first-order valence-corrected chi connectivity index (χ1v) is 7.63. The Labute approximate surface area is 120 Å². The smallest absolute Gasteiger partial charge is 0.0812 e. The summed E-state index contributed by atoms with van der Waals surface area (Å²) in [4.78, 5) is 0. The van der Waals surface area contributed by atoms with E-state index in [-0.39, 0.29) is 0 Å². The van der Waals surface area contributed by atoms with Crippen molar-refractivity contribution in [3.05, 3.63) is 37.7 Å². The minimum Gasteiger partial charge on any atom is -0.388 e. The van der Waals surface area contributed by atoms with Crippen LogP contribution >= 0.6 is 27.3 Å². The maximum absolute atomic E-state index is 10.2. The van der Waals surface area contributed by atoms with Crippen molar-refractivity contribution in [1.82, 2.24) is 9.78 Å². The third-order valence-corrected chi connectivity index (χ3v) is 5.08. The minimum absolute atomic E-state index is 0.412. The monoisotopic (exact) mass is 328 g/mol. The number of aromatic nitrogens is 2. The Bertz CT molecular complexity index is 547. The first-order chi connectivity index (χ1) is 8.50. The zero-order chi connectivity index (χ0) is 13.3. The van der Waals surface area contributed by atoms with Gasteiger partial charge >= 0.3 is 0 Å². The molecule has 0 amide bonds. The Hall–Kier alpha value is -0.650. The first kappa shape index (κ1) is 13.8. The van der Waals surface area contributed by atoms with Crippen molar-refractivity contribution in [3.8, 4) is 0 Å². The van der Waals surface area contributed by atoms with Gasteiger partial charge in [-0.25, -0.2) is 0 Å². The Morgan fingerprint density at radius 2 is 2.17 bits per heavy atom. The van der Waals surface area contributed by atoms with Crippen LogP contribution in [0.1, 0.15) is 35.0 Å². The number of aliphatic hydroxyl groups excluding tert-OH is 1. The van der Waals surface area contributed by atoms with E-state index in [2.05, 4.69) is 28.0 Å². The van der Waals surface area contributed by atoms with Crippen molar-refractivity contribution in [2.24, 2.45) is 7.05 Å². The number of thiophene rings is 1. The topological polar surface area (TPSA) is 38.0 Å². The van der Waals surface area contributed by atoms with Crippen molar-refractivity contribution >= 4 is 27.3 Å². The van der Waals surface area contributed by atoms with Gasteiger partial charge in [-0.15, -0.1) is 0 Å². The molecule has 0 aromatic carbocycles. The molecule has 18 heavy (non-hydrogen) atoms. The van der Waals surface area contributed by atoms with Crippen LogP contribution in [0.2, 0.25) is 0 Å². The molecule has 0 aliphatic rings. The zero-order valence-electron chi connectivity index (χ0n) is 10.8. The molecule has 0 saturated heterocycles. The van der Waals surface area contributed by atoms with Gasteiger partial charge in [-0.3, -0.25) is 4.68 Å². The van der Waals surface area contributed by atoms with Crippen molar-refractivity contribution in [2.75, 3.05) is 0 Å².